The Hall–Kier alpha value is -6.32. The number of nitrogens with zero attached hydrogens (tertiary/aromatic N) is 7. The summed E-state index contributed by atoms with van der Waals surface area (Å²) in [5.74, 6) is -3.95. The van der Waals surface area contributed by atoms with Crippen molar-refractivity contribution in [2.75, 3.05) is 11.0 Å². The minimum Gasteiger partial charge on any atom is -0.344 e. The number of nitriles is 1. The van der Waals surface area contributed by atoms with Crippen molar-refractivity contribution in [2.24, 2.45) is 13.0 Å². The Labute approximate surface area is 358 Å². The zero-order chi connectivity index (χ0) is 44.4. The van der Waals surface area contributed by atoms with Crippen LogP contribution in [0.15, 0.2) is 71.5 Å². The van der Waals surface area contributed by atoms with Gasteiger partial charge in [-0.15, -0.1) is 0 Å². The second-order valence-electron chi connectivity index (χ2n) is 15.2. The van der Waals surface area contributed by atoms with Gasteiger partial charge in [-0.25, -0.2) is 31.3 Å². The molecule has 62 heavy (non-hydrogen) atoms. The Morgan fingerprint density at radius 2 is 1.76 bits per heavy atom. The summed E-state index contributed by atoms with van der Waals surface area (Å²) < 4.78 is 95.1. The summed E-state index contributed by atoms with van der Waals surface area (Å²) in [4.78, 5) is 34.2. The first-order valence-corrected chi connectivity index (χ1v) is 20.6. The topological polar surface area (TPSA) is 135 Å². The lowest BCUT2D eigenvalue weighted by molar-refractivity contribution is -0.122. The maximum atomic E-state index is 16.2. The molecule has 0 bridgehead atoms. The second-order valence-corrected chi connectivity index (χ2v) is 16.2. The van der Waals surface area contributed by atoms with Crippen molar-refractivity contribution in [1.29, 1.82) is 5.26 Å². The van der Waals surface area contributed by atoms with Gasteiger partial charge in [0, 0.05) is 31.4 Å². The highest BCUT2D eigenvalue weighted by molar-refractivity contribution is 7.99. The number of amides is 1. The fourth-order valence-electron chi connectivity index (χ4n) is 8.18. The van der Waals surface area contributed by atoms with Gasteiger partial charge in [0.15, 0.2) is 11.5 Å². The van der Waals surface area contributed by atoms with E-state index in [0.717, 1.165) is 22.9 Å². The van der Waals surface area contributed by atoms with Crippen molar-refractivity contribution in [3.8, 4) is 22.9 Å². The van der Waals surface area contributed by atoms with Crippen molar-refractivity contribution in [2.45, 2.75) is 51.4 Å². The van der Waals surface area contributed by atoms with Crippen LogP contribution >= 0.6 is 23.5 Å². The molecule has 11 nitrogen and oxygen atoms in total. The number of carbonyl (C=O) groups excluding carboxylic acids is 1. The molecule has 0 radical (unpaired) electrons. The van der Waals surface area contributed by atoms with Gasteiger partial charge in [0.1, 0.15) is 41.6 Å². The first kappa shape index (κ1) is 42.4. The van der Waals surface area contributed by atoms with Crippen LogP contribution < -0.4 is 15.6 Å². The molecule has 0 aliphatic heterocycles. The third kappa shape index (κ3) is 7.42. The summed E-state index contributed by atoms with van der Waals surface area (Å²) >= 11 is 7.97. The highest BCUT2D eigenvalue weighted by Crippen LogP contribution is 2.47. The van der Waals surface area contributed by atoms with Crippen LogP contribution in [0.2, 0.25) is 5.02 Å². The molecular weight excluding hydrogens is 856 g/mol. The largest absolute Gasteiger partial charge is 0.344 e. The number of alkyl halides is 3. The van der Waals surface area contributed by atoms with Gasteiger partial charge in [-0.1, -0.05) is 42.6 Å². The second kappa shape index (κ2) is 16.2. The standard InChI is InChI=1S/C43H34ClF6N9O2S/c1-20-11-28-36(39(48)49)54-58(38(28)43(20,2)50)19-34(60)52-32(14-21-12-25(45)17-26(46)13-21)41-53-31-16-23(22-6-9-30(47)24(15-22)18-51)5-7-27(31)42(61)59(41)33-10-8-29(44)35-37(33)57(3)55-40(35)56-62-4/h5-10,12-13,15-17,20,32,39H,11,14,19H2,1-4H3,(H,52,60)(H,55,56). The van der Waals surface area contributed by atoms with E-state index in [1.165, 1.54) is 52.4 Å². The number of halogens is 7. The lowest BCUT2D eigenvalue weighted by atomic mass is 9.95. The summed E-state index contributed by atoms with van der Waals surface area (Å²) in [6.45, 7) is 2.05. The summed E-state index contributed by atoms with van der Waals surface area (Å²) in [5, 5.41) is 21.6. The van der Waals surface area contributed by atoms with E-state index in [1.54, 1.807) is 44.5 Å². The Morgan fingerprint density at radius 1 is 1.05 bits per heavy atom. The van der Waals surface area contributed by atoms with Crippen molar-refractivity contribution < 1.29 is 31.1 Å². The quantitative estimate of drug-likeness (QED) is 0.0970. The van der Waals surface area contributed by atoms with Crippen molar-refractivity contribution in [1.82, 2.24) is 34.4 Å². The Morgan fingerprint density at radius 3 is 2.45 bits per heavy atom. The average Bonchev–Trinajstić information content (AvgIpc) is 3.82. The Balaban J connectivity index is 1.36. The Kier molecular flexibility index (Phi) is 11.1. The molecule has 318 valence electrons. The van der Waals surface area contributed by atoms with E-state index < -0.39 is 65.2 Å². The normalized spacial score (nSPS) is 16.5. The fourth-order valence-corrected chi connectivity index (χ4v) is 8.76. The first-order chi connectivity index (χ1) is 29.5. The zero-order valence-corrected chi connectivity index (χ0v) is 34.8. The molecule has 3 aromatic heterocycles. The molecule has 7 aromatic rings. The summed E-state index contributed by atoms with van der Waals surface area (Å²) in [6, 6.07) is 14.8. The molecule has 8 rings (SSSR count). The van der Waals surface area contributed by atoms with E-state index in [-0.39, 0.29) is 62.7 Å². The van der Waals surface area contributed by atoms with Crippen LogP contribution in [0.1, 0.15) is 60.2 Å². The molecule has 19 heteroatoms. The highest BCUT2D eigenvalue weighted by Gasteiger charge is 2.47. The first-order valence-electron chi connectivity index (χ1n) is 19.0. The number of carbonyl (C=O) groups is 1. The molecule has 1 aliphatic carbocycles. The predicted octanol–water partition coefficient (Wildman–Crippen LogP) is 9.18. The van der Waals surface area contributed by atoms with Gasteiger partial charge in [0.25, 0.3) is 12.0 Å². The van der Waals surface area contributed by atoms with E-state index in [0.29, 0.717) is 33.9 Å². The number of benzene rings is 4. The summed E-state index contributed by atoms with van der Waals surface area (Å²) in [7, 11) is 1.63. The molecule has 0 saturated heterocycles. The number of fused-ring (bicyclic) bond motifs is 3. The third-order valence-corrected chi connectivity index (χ3v) is 11.9. The molecule has 1 amide bonds. The number of anilines is 1. The van der Waals surface area contributed by atoms with E-state index >= 15 is 9.18 Å². The van der Waals surface area contributed by atoms with Gasteiger partial charge in [-0.05, 0) is 84.5 Å². The van der Waals surface area contributed by atoms with Crippen LogP contribution in [0.3, 0.4) is 0 Å². The minimum atomic E-state index is -3.05. The van der Waals surface area contributed by atoms with Gasteiger partial charge >= 0.3 is 0 Å². The predicted molar refractivity (Wildman–Crippen MR) is 223 cm³/mol. The van der Waals surface area contributed by atoms with Crippen LogP contribution in [0, 0.1) is 34.7 Å². The molecule has 4 aromatic carbocycles. The van der Waals surface area contributed by atoms with Crippen LogP contribution in [-0.2, 0) is 36.9 Å². The van der Waals surface area contributed by atoms with Gasteiger partial charge in [0.2, 0.25) is 5.91 Å². The maximum Gasteiger partial charge on any atom is 0.282 e. The highest BCUT2D eigenvalue weighted by atomic mass is 35.5. The fraction of sp³-hybridized carbons (Fsp3) is 0.256. The van der Waals surface area contributed by atoms with E-state index in [1.807, 2.05) is 0 Å². The van der Waals surface area contributed by atoms with E-state index in [2.05, 4.69) is 20.2 Å². The molecule has 0 saturated carbocycles. The van der Waals surface area contributed by atoms with Crippen molar-refractivity contribution >= 4 is 57.1 Å². The SMILES string of the molecule is CSNc1nn(C)c2c(-n3c(C(Cc4cc(F)cc(F)c4)NC(=O)Cn4nc(C(F)F)c5c4C(C)(F)C(C)C5)nc4cc(-c5ccc(F)c(C#N)c5)ccc4c3=O)ccc(Cl)c12. The lowest BCUT2D eigenvalue weighted by Crippen LogP contribution is -2.38. The molecule has 2 N–H and O–H groups in total. The van der Waals surface area contributed by atoms with Gasteiger partial charge in [-0.3, -0.25) is 23.5 Å². The molecular formula is C43H34ClF6N9O2S. The number of aromatic nitrogens is 6. The summed E-state index contributed by atoms with van der Waals surface area (Å²) in [6.07, 6.45) is -1.68. The van der Waals surface area contributed by atoms with E-state index in [4.69, 9.17) is 16.6 Å². The van der Waals surface area contributed by atoms with Crippen molar-refractivity contribution in [3.05, 3.63) is 133 Å². The van der Waals surface area contributed by atoms with Gasteiger partial charge in [0.05, 0.1) is 49.8 Å². The number of hydrogen-bond donors (Lipinski definition) is 2. The maximum absolute atomic E-state index is 16.2. The molecule has 3 heterocycles. The molecule has 0 fully saturated rings. The number of aryl methyl sites for hydroxylation is 1. The number of hydrogen-bond acceptors (Lipinski definition) is 8. The summed E-state index contributed by atoms with van der Waals surface area (Å²) in [5.41, 5.74) is -2.25. The monoisotopic (exact) mass is 889 g/mol. The van der Waals surface area contributed by atoms with Gasteiger partial charge < -0.3 is 10.0 Å². The third-order valence-electron chi connectivity index (χ3n) is 11.2. The lowest BCUT2D eigenvalue weighted by Gasteiger charge is -2.25. The van der Waals surface area contributed by atoms with Gasteiger partial charge in [-0.2, -0.15) is 15.5 Å². The van der Waals surface area contributed by atoms with Crippen LogP contribution in [0.4, 0.5) is 32.2 Å². The molecule has 3 unspecified atom stereocenters. The van der Waals surface area contributed by atoms with Crippen LogP contribution in [-0.4, -0.2) is 41.3 Å². The molecule has 3 atom stereocenters. The molecule has 1 aliphatic rings. The smallest absolute Gasteiger partial charge is 0.282 e. The zero-order valence-electron chi connectivity index (χ0n) is 33.2. The van der Waals surface area contributed by atoms with Crippen LogP contribution in [0.25, 0.3) is 38.6 Å². The minimum absolute atomic E-state index is 0.0132. The molecule has 0 spiro atoms. The van der Waals surface area contributed by atoms with E-state index in [9.17, 15) is 32.0 Å². The number of rotatable bonds is 11. The number of nitrogens with one attached hydrogen (secondary N) is 2. The van der Waals surface area contributed by atoms with Crippen LogP contribution in [0.5, 0.6) is 0 Å². The Bertz CT molecular complexity index is 3050. The van der Waals surface area contributed by atoms with Crippen molar-refractivity contribution in [3.63, 3.8) is 0 Å². The average molecular weight is 890 g/mol.